The second-order valence-corrected chi connectivity index (χ2v) is 13.6. The minimum atomic E-state index is -3.90. The SMILES string of the molecule is CC[C@@H](C)NC(=O)[C@@H](Cc1ccccc1)N(Cc1cccc(Cl)c1)C(=O)CN(c1ccc(OCc2ccccc2)cc1)S(C)(=O)=O. The number of nitrogens with zero attached hydrogens (tertiary/aromatic N) is 2. The summed E-state index contributed by atoms with van der Waals surface area (Å²) in [5.74, 6) is -0.297. The number of carbonyl (C=O) groups excluding carboxylic acids is 2. The molecule has 0 unspecified atom stereocenters. The molecule has 4 aromatic rings. The number of anilines is 1. The Morgan fingerprint density at radius 1 is 0.848 bits per heavy atom. The Labute approximate surface area is 277 Å². The van der Waals surface area contributed by atoms with Crippen molar-refractivity contribution < 1.29 is 22.7 Å². The third kappa shape index (κ3) is 10.1. The fourth-order valence-electron chi connectivity index (χ4n) is 4.89. The van der Waals surface area contributed by atoms with Crippen molar-refractivity contribution >= 4 is 39.1 Å². The smallest absolute Gasteiger partial charge is 0.244 e. The number of hydrogen-bond acceptors (Lipinski definition) is 5. The van der Waals surface area contributed by atoms with E-state index in [0.29, 0.717) is 35.1 Å². The molecule has 242 valence electrons. The molecule has 0 aliphatic rings. The number of amides is 2. The molecule has 4 aromatic carbocycles. The topological polar surface area (TPSA) is 96.0 Å². The predicted molar refractivity (Wildman–Crippen MR) is 183 cm³/mol. The highest BCUT2D eigenvalue weighted by molar-refractivity contribution is 7.92. The molecule has 8 nitrogen and oxygen atoms in total. The largest absolute Gasteiger partial charge is 0.489 e. The van der Waals surface area contributed by atoms with Crippen LogP contribution in [-0.2, 0) is 39.2 Å². The van der Waals surface area contributed by atoms with E-state index in [-0.39, 0.29) is 24.9 Å². The second-order valence-electron chi connectivity index (χ2n) is 11.2. The molecule has 0 radical (unpaired) electrons. The molecule has 10 heteroatoms. The Balaban J connectivity index is 1.65. The van der Waals surface area contributed by atoms with Gasteiger partial charge in [-0.1, -0.05) is 91.3 Å². The third-order valence-corrected chi connectivity index (χ3v) is 8.94. The molecule has 0 aliphatic heterocycles. The van der Waals surface area contributed by atoms with Gasteiger partial charge >= 0.3 is 0 Å². The lowest BCUT2D eigenvalue weighted by atomic mass is 10.0. The number of sulfonamides is 1. The van der Waals surface area contributed by atoms with E-state index in [9.17, 15) is 18.0 Å². The molecule has 4 rings (SSSR count). The molecule has 0 heterocycles. The van der Waals surface area contributed by atoms with Crippen LogP contribution in [0.25, 0.3) is 0 Å². The first-order chi connectivity index (χ1) is 22.0. The molecule has 0 aromatic heterocycles. The summed E-state index contributed by atoms with van der Waals surface area (Å²) in [6, 6.07) is 31.7. The summed E-state index contributed by atoms with van der Waals surface area (Å²) >= 11 is 6.28. The zero-order valence-corrected chi connectivity index (χ0v) is 27.9. The quantitative estimate of drug-likeness (QED) is 0.163. The summed E-state index contributed by atoms with van der Waals surface area (Å²) in [4.78, 5) is 29.5. The van der Waals surface area contributed by atoms with Crippen LogP contribution in [0.3, 0.4) is 0 Å². The highest BCUT2D eigenvalue weighted by atomic mass is 35.5. The van der Waals surface area contributed by atoms with Crippen LogP contribution in [0.2, 0.25) is 5.02 Å². The number of benzene rings is 4. The van der Waals surface area contributed by atoms with Gasteiger partial charge in [0, 0.05) is 24.0 Å². The van der Waals surface area contributed by atoms with Gasteiger partial charge in [-0.25, -0.2) is 8.42 Å². The maximum atomic E-state index is 14.3. The molecule has 0 saturated carbocycles. The summed E-state index contributed by atoms with van der Waals surface area (Å²) < 4.78 is 33.1. The van der Waals surface area contributed by atoms with Gasteiger partial charge < -0.3 is 15.0 Å². The van der Waals surface area contributed by atoms with E-state index in [1.54, 1.807) is 42.5 Å². The van der Waals surface area contributed by atoms with E-state index >= 15 is 0 Å². The van der Waals surface area contributed by atoms with E-state index in [4.69, 9.17) is 16.3 Å². The van der Waals surface area contributed by atoms with Crippen molar-refractivity contribution in [2.24, 2.45) is 0 Å². The summed E-state index contributed by atoms with van der Waals surface area (Å²) in [7, 11) is -3.90. The van der Waals surface area contributed by atoms with Crippen molar-refractivity contribution in [2.75, 3.05) is 17.1 Å². The number of rotatable bonds is 15. The molecule has 0 aliphatic carbocycles. The second kappa shape index (κ2) is 16.3. The van der Waals surface area contributed by atoms with E-state index in [0.717, 1.165) is 21.7 Å². The molecule has 0 spiro atoms. The number of ether oxygens (including phenoxy) is 1. The third-order valence-electron chi connectivity index (χ3n) is 7.57. The van der Waals surface area contributed by atoms with Gasteiger partial charge in [0.2, 0.25) is 21.8 Å². The van der Waals surface area contributed by atoms with Gasteiger partial charge in [-0.15, -0.1) is 0 Å². The standard InChI is InChI=1S/C36H40ClN3O5S/c1-4-27(2)38-36(42)34(23-28-12-7-5-8-13-28)39(24-30-16-11-17-31(37)22-30)35(41)25-40(46(3,43)44)32-18-20-33(21-19-32)45-26-29-14-9-6-10-15-29/h5-22,27,34H,4,23-26H2,1-3H3,(H,38,42)/t27-,34-/m1/s1. The Bertz CT molecular complexity index is 1690. The first-order valence-electron chi connectivity index (χ1n) is 15.2. The zero-order valence-electron chi connectivity index (χ0n) is 26.3. The summed E-state index contributed by atoms with van der Waals surface area (Å²) in [5, 5.41) is 3.51. The van der Waals surface area contributed by atoms with Crippen LogP contribution in [0.4, 0.5) is 5.69 Å². The Morgan fingerprint density at radius 2 is 1.46 bits per heavy atom. The highest BCUT2D eigenvalue weighted by Gasteiger charge is 2.33. The number of nitrogens with one attached hydrogen (secondary N) is 1. The lowest BCUT2D eigenvalue weighted by molar-refractivity contribution is -0.140. The van der Waals surface area contributed by atoms with Crippen molar-refractivity contribution in [1.29, 1.82) is 0 Å². The van der Waals surface area contributed by atoms with Gasteiger partial charge in [-0.2, -0.15) is 0 Å². The van der Waals surface area contributed by atoms with Gasteiger partial charge in [-0.3, -0.25) is 13.9 Å². The maximum Gasteiger partial charge on any atom is 0.244 e. The van der Waals surface area contributed by atoms with Gasteiger partial charge in [0.1, 0.15) is 24.9 Å². The van der Waals surface area contributed by atoms with Crippen molar-refractivity contribution in [1.82, 2.24) is 10.2 Å². The van der Waals surface area contributed by atoms with Gasteiger partial charge in [0.05, 0.1) is 11.9 Å². The molecule has 46 heavy (non-hydrogen) atoms. The van der Waals surface area contributed by atoms with Crippen LogP contribution in [0.5, 0.6) is 5.75 Å². The molecular formula is C36H40ClN3O5S. The summed E-state index contributed by atoms with van der Waals surface area (Å²) in [6.07, 6.45) is 2.00. The lowest BCUT2D eigenvalue weighted by Gasteiger charge is -2.34. The van der Waals surface area contributed by atoms with Crippen molar-refractivity contribution in [2.45, 2.75) is 51.9 Å². The monoisotopic (exact) mass is 661 g/mol. The average Bonchev–Trinajstić information content (AvgIpc) is 3.05. The van der Waals surface area contributed by atoms with Crippen LogP contribution >= 0.6 is 11.6 Å². The van der Waals surface area contributed by atoms with Gasteiger partial charge in [-0.05, 0) is 66.4 Å². The van der Waals surface area contributed by atoms with Crippen LogP contribution < -0.4 is 14.4 Å². The molecule has 2 atom stereocenters. The normalized spacial score (nSPS) is 12.5. The summed E-state index contributed by atoms with van der Waals surface area (Å²) in [5.41, 5.74) is 2.87. The van der Waals surface area contributed by atoms with Crippen molar-refractivity contribution in [3.63, 3.8) is 0 Å². The fourth-order valence-corrected chi connectivity index (χ4v) is 5.95. The number of carbonyl (C=O) groups is 2. The first kappa shape index (κ1) is 34.5. The van der Waals surface area contributed by atoms with E-state index in [1.165, 1.54) is 4.90 Å². The number of hydrogen-bond donors (Lipinski definition) is 1. The van der Waals surface area contributed by atoms with Crippen LogP contribution in [0.1, 0.15) is 37.0 Å². The predicted octanol–water partition coefficient (Wildman–Crippen LogP) is 6.24. The van der Waals surface area contributed by atoms with E-state index in [1.807, 2.05) is 80.6 Å². The summed E-state index contributed by atoms with van der Waals surface area (Å²) in [6.45, 7) is 3.77. The molecule has 0 bridgehead atoms. The molecule has 0 fully saturated rings. The number of halogens is 1. The van der Waals surface area contributed by atoms with Crippen LogP contribution in [0.15, 0.2) is 109 Å². The Kier molecular flexibility index (Phi) is 12.2. The van der Waals surface area contributed by atoms with E-state index in [2.05, 4.69) is 5.32 Å². The van der Waals surface area contributed by atoms with Crippen molar-refractivity contribution in [3.05, 3.63) is 131 Å². The van der Waals surface area contributed by atoms with Crippen LogP contribution in [-0.4, -0.2) is 50.0 Å². The maximum absolute atomic E-state index is 14.3. The van der Waals surface area contributed by atoms with Gasteiger partial charge in [0.25, 0.3) is 0 Å². The molecule has 0 saturated heterocycles. The first-order valence-corrected chi connectivity index (χ1v) is 17.4. The van der Waals surface area contributed by atoms with Crippen LogP contribution in [0, 0.1) is 0 Å². The van der Waals surface area contributed by atoms with E-state index < -0.39 is 28.5 Å². The van der Waals surface area contributed by atoms with Gasteiger partial charge in [0.15, 0.2) is 0 Å². The average molecular weight is 662 g/mol. The zero-order chi connectivity index (χ0) is 33.1. The Morgan fingerprint density at radius 3 is 2.04 bits per heavy atom. The molecule has 1 N–H and O–H groups in total. The minimum absolute atomic E-state index is 0.0503. The highest BCUT2D eigenvalue weighted by Crippen LogP contribution is 2.24. The fraction of sp³-hybridized carbons (Fsp3) is 0.278. The lowest BCUT2D eigenvalue weighted by Crippen LogP contribution is -2.54. The molecule has 2 amide bonds. The van der Waals surface area contributed by atoms with Crippen molar-refractivity contribution in [3.8, 4) is 5.75 Å². The minimum Gasteiger partial charge on any atom is -0.489 e. The molecular weight excluding hydrogens is 622 g/mol. The Hall–Kier alpha value is -4.34.